The summed E-state index contributed by atoms with van der Waals surface area (Å²) in [5.74, 6) is 0.821. The summed E-state index contributed by atoms with van der Waals surface area (Å²) >= 11 is 0. The average molecular weight is 372 g/mol. The van der Waals surface area contributed by atoms with Crippen molar-refractivity contribution in [3.63, 3.8) is 0 Å². The van der Waals surface area contributed by atoms with Gasteiger partial charge < -0.3 is 10.1 Å². The van der Waals surface area contributed by atoms with E-state index in [-0.39, 0.29) is 5.91 Å². The molecule has 1 aromatic carbocycles. The second-order valence-electron chi connectivity index (χ2n) is 7.03. The van der Waals surface area contributed by atoms with Crippen LogP contribution in [-0.2, 0) is 19.4 Å². The van der Waals surface area contributed by atoms with Crippen molar-refractivity contribution >= 4 is 18.1 Å². The molecule has 0 unspecified atom stereocenters. The molecule has 0 radical (unpaired) electrons. The van der Waals surface area contributed by atoms with Crippen LogP contribution in [0.25, 0.3) is 23.4 Å². The molecule has 2 aliphatic rings. The van der Waals surface area contributed by atoms with E-state index in [0.717, 1.165) is 58.9 Å². The molecular weight excluding hydrogens is 352 g/mol. The largest absolute Gasteiger partial charge is 0.497 e. The molecule has 0 saturated carbocycles. The third kappa shape index (κ3) is 2.78. The Balaban J connectivity index is 1.50. The molecule has 0 saturated heterocycles. The molecule has 0 spiro atoms. The van der Waals surface area contributed by atoms with Gasteiger partial charge in [0, 0.05) is 23.9 Å². The van der Waals surface area contributed by atoms with E-state index in [1.54, 1.807) is 7.11 Å². The van der Waals surface area contributed by atoms with Crippen LogP contribution < -0.4 is 10.1 Å². The van der Waals surface area contributed by atoms with Crippen LogP contribution in [0.3, 0.4) is 0 Å². The number of hydrogen-bond acceptors (Lipinski definition) is 4. The number of carbonyl (C=O) groups excluding carboxylic acids is 1. The number of benzene rings is 1. The lowest BCUT2D eigenvalue weighted by Gasteiger charge is -2.17. The number of nitrogens with zero attached hydrogens (tertiary/aromatic N) is 3. The number of ether oxygens (including phenoxy) is 1. The first-order valence-electron chi connectivity index (χ1n) is 9.42. The van der Waals surface area contributed by atoms with Crippen LogP contribution in [0.5, 0.6) is 5.75 Å². The molecule has 28 heavy (non-hydrogen) atoms. The molecule has 1 amide bonds. The van der Waals surface area contributed by atoms with E-state index < -0.39 is 0 Å². The second-order valence-corrected chi connectivity index (χ2v) is 7.03. The van der Waals surface area contributed by atoms with Crippen LogP contribution in [0.15, 0.2) is 36.5 Å². The van der Waals surface area contributed by atoms with Crippen molar-refractivity contribution in [1.82, 2.24) is 20.1 Å². The molecule has 0 bridgehead atoms. The van der Waals surface area contributed by atoms with Crippen molar-refractivity contribution < 1.29 is 9.53 Å². The number of amides is 1. The molecule has 2 aromatic heterocycles. The first-order chi connectivity index (χ1) is 13.7. The van der Waals surface area contributed by atoms with Crippen LogP contribution in [-0.4, -0.2) is 34.3 Å². The van der Waals surface area contributed by atoms with Gasteiger partial charge in [0.15, 0.2) is 0 Å². The smallest absolute Gasteiger partial charge is 0.269 e. The molecule has 140 valence electrons. The Kier molecular flexibility index (Phi) is 3.97. The zero-order valence-corrected chi connectivity index (χ0v) is 15.6. The van der Waals surface area contributed by atoms with E-state index in [1.807, 2.05) is 47.3 Å². The van der Waals surface area contributed by atoms with Crippen molar-refractivity contribution in [2.24, 2.45) is 0 Å². The van der Waals surface area contributed by atoms with E-state index >= 15 is 0 Å². The molecule has 1 aliphatic carbocycles. The Morgan fingerprint density at radius 3 is 2.86 bits per heavy atom. The van der Waals surface area contributed by atoms with Gasteiger partial charge in [-0.15, -0.1) is 0 Å². The van der Waals surface area contributed by atoms with Gasteiger partial charge in [0.2, 0.25) is 0 Å². The normalized spacial score (nSPS) is 15.0. The number of methoxy groups -OCH3 is 1. The predicted octanol–water partition coefficient (Wildman–Crippen LogP) is 2.97. The minimum atomic E-state index is -0.0165. The lowest BCUT2D eigenvalue weighted by molar-refractivity contribution is 0.0923. The Morgan fingerprint density at radius 1 is 1.18 bits per heavy atom. The molecule has 6 nitrogen and oxygen atoms in total. The zero-order valence-electron chi connectivity index (χ0n) is 15.6. The highest BCUT2D eigenvalue weighted by Gasteiger charge is 2.30. The van der Waals surface area contributed by atoms with Gasteiger partial charge in [-0.2, -0.15) is 5.10 Å². The SMILES string of the molecule is COc1ccc(/C=C/c2cc3c(cn2)CCc2c-3nn3c2C(=O)NCC3)cc1. The van der Waals surface area contributed by atoms with Crippen LogP contribution in [0.2, 0.25) is 0 Å². The minimum Gasteiger partial charge on any atom is -0.497 e. The summed E-state index contributed by atoms with van der Waals surface area (Å²) in [5.41, 5.74) is 6.92. The van der Waals surface area contributed by atoms with E-state index in [4.69, 9.17) is 9.84 Å². The van der Waals surface area contributed by atoms with Crippen molar-refractivity contribution in [3.8, 4) is 17.0 Å². The molecule has 3 aromatic rings. The fourth-order valence-electron chi connectivity index (χ4n) is 3.89. The Morgan fingerprint density at radius 2 is 2.04 bits per heavy atom. The van der Waals surface area contributed by atoms with Gasteiger partial charge in [-0.05, 0) is 48.2 Å². The Hall–Kier alpha value is -3.41. The highest BCUT2D eigenvalue weighted by atomic mass is 16.5. The zero-order chi connectivity index (χ0) is 19.1. The fourth-order valence-corrected chi connectivity index (χ4v) is 3.89. The maximum absolute atomic E-state index is 12.3. The topological polar surface area (TPSA) is 69.0 Å². The summed E-state index contributed by atoms with van der Waals surface area (Å²) in [6.45, 7) is 1.35. The number of aryl methyl sites for hydroxylation is 1. The summed E-state index contributed by atoms with van der Waals surface area (Å²) < 4.78 is 7.05. The monoisotopic (exact) mass is 372 g/mol. The van der Waals surface area contributed by atoms with Gasteiger partial charge in [0.1, 0.15) is 11.4 Å². The van der Waals surface area contributed by atoms with Crippen LogP contribution >= 0.6 is 0 Å². The Bertz CT molecular complexity index is 1100. The molecule has 0 atom stereocenters. The first-order valence-corrected chi connectivity index (χ1v) is 9.42. The number of fused-ring (bicyclic) bond motifs is 5. The van der Waals surface area contributed by atoms with Crippen molar-refractivity contribution in [2.45, 2.75) is 19.4 Å². The van der Waals surface area contributed by atoms with E-state index in [9.17, 15) is 4.79 Å². The lowest BCUT2D eigenvalue weighted by Crippen LogP contribution is -2.36. The molecule has 3 heterocycles. The Labute approximate surface area is 162 Å². The first kappa shape index (κ1) is 16.7. The summed E-state index contributed by atoms with van der Waals surface area (Å²) in [7, 11) is 1.66. The van der Waals surface area contributed by atoms with Gasteiger partial charge in [-0.3, -0.25) is 14.5 Å². The van der Waals surface area contributed by atoms with Crippen LogP contribution in [0, 0.1) is 0 Å². The van der Waals surface area contributed by atoms with E-state index in [0.29, 0.717) is 6.54 Å². The number of rotatable bonds is 3. The number of hydrogen-bond donors (Lipinski definition) is 1. The van der Waals surface area contributed by atoms with Crippen molar-refractivity contribution in [3.05, 3.63) is 64.6 Å². The quantitative estimate of drug-likeness (QED) is 0.767. The molecular formula is C22H20N4O2. The molecule has 1 N–H and O–H groups in total. The van der Waals surface area contributed by atoms with Gasteiger partial charge >= 0.3 is 0 Å². The predicted molar refractivity (Wildman–Crippen MR) is 107 cm³/mol. The summed E-state index contributed by atoms with van der Waals surface area (Å²) in [4.78, 5) is 16.9. The highest BCUT2D eigenvalue weighted by molar-refractivity contribution is 5.97. The molecule has 6 heteroatoms. The second kappa shape index (κ2) is 6.64. The molecule has 0 fully saturated rings. The standard InChI is InChI=1S/C22H20N4O2/c1-28-17-7-3-14(4-8-17)2-6-16-12-19-15(13-24-16)5-9-18-20(19)25-26-11-10-23-22(27)21(18)26/h2-4,6-8,12-13H,5,9-11H2,1H3,(H,23,27)/b6-2+. The summed E-state index contributed by atoms with van der Waals surface area (Å²) in [5, 5.41) is 7.68. The number of aromatic nitrogens is 3. The molecule has 1 aliphatic heterocycles. The lowest BCUT2D eigenvalue weighted by atomic mass is 9.89. The van der Waals surface area contributed by atoms with Gasteiger partial charge in [0.05, 0.1) is 25.0 Å². The van der Waals surface area contributed by atoms with Crippen molar-refractivity contribution in [2.75, 3.05) is 13.7 Å². The molecule has 5 rings (SSSR count). The summed E-state index contributed by atoms with van der Waals surface area (Å²) in [6.07, 6.45) is 7.67. The van der Waals surface area contributed by atoms with Crippen LogP contribution in [0.1, 0.15) is 32.9 Å². The number of pyridine rings is 1. The third-order valence-electron chi connectivity index (χ3n) is 5.34. The van der Waals surface area contributed by atoms with Crippen molar-refractivity contribution in [1.29, 1.82) is 0 Å². The average Bonchev–Trinajstić information content (AvgIpc) is 3.13. The highest BCUT2D eigenvalue weighted by Crippen LogP contribution is 2.35. The van der Waals surface area contributed by atoms with Gasteiger partial charge in [0.25, 0.3) is 5.91 Å². The summed E-state index contributed by atoms with van der Waals surface area (Å²) in [6, 6.07) is 9.96. The third-order valence-corrected chi connectivity index (χ3v) is 5.34. The van der Waals surface area contributed by atoms with Crippen LogP contribution in [0.4, 0.5) is 0 Å². The van der Waals surface area contributed by atoms with Gasteiger partial charge in [-0.1, -0.05) is 18.2 Å². The van der Waals surface area contributed by atoms with E-state index in [1.165, 1.54) is 5.56 Å². The maximum Gasteiger partial charge on any atom is 0.269 e. The maximum atomic E-state index is 12.3. The number of carbonyl (C=O) groups is 1. The minimum absolute atomic E-state index is 0.0165. The van der Waals surface area contributed by atoms with E-state index in [2.05, 4.69) is 16.4 Å². The number of nitrogens with one attached hydrogen (secondary N) is 1. The van der Waals surface area contributed by atoms with Gasteiger partial charge in [-0.25, -0.2) is 0 Å². The fraction of sp³-hybridized carbons (Fsp3) is 0.227.